The minimum atomic E-state index is 0.778. The largest absolute Gasteiger partial charge is 0.330 e. The summed E-state index contributed by atoms with van der Waals surface area (Å²) in [5.41, 5.74) is 8.13. The van der Waals surface area contributed by atoms with Crippen LogP contribution in [-0.2, 0) is 0 Å². The second-order valence-electron chi connectivity index (χ2n) is 4.44. The third-order valence-electron chi connectivity index (χ3n) is 3.89. The van der Waals surface area contributed by atoms with Crippen LogP contribution in [0.1, 0.15) is 25.7 Å². The molecule has 0 aliphatic heterocycles. The highest BCUT2D eigenvalue weighted by Crippen LogP contribution is 2.78. The molecule has 0 heterocycles. The van der Waals surface area contributed by atoms with Gasteiger partial charge in [-0.2, -0.15) is 0 Å². The molecule has 60 valence electrons. The zero-order chi connectivity index (χ0) is 7.47. The number of rotatable bonds is 2. The first-order valence-electron chi connectivity index (χ1n) is 4.79. The first-order chi connectivity index (χ1) is 5.37. The smallest absolute Gasteiger partial charge is 0.00801 e. The van der Waals surface area contributed by atoms with Gasteiger partial charge in [-0.25, -0.2) is 0 Å². The van der Waals surface area contributed by atoms with Crippen LogP contribution in [0.4, 0.5) is 0 Å². The van der Waals surface area contributed by atoms with E-state index in [1.54, 1.807) is 5.57 Å². The van der Waals surface area contributed by atoms with E-state index in [0.717, 1.165) is 23.8 Å². The lowest BCUT2D eigenvalue weighted by Gasteiger charge is -2.10. The molecule has 1 heteroatoms. The van der Waals surface area contributed by atoms with Gasteiger partial charge in [-0.15, -0.1) is 0 Å². The highest BCUT2D eigenvalue weighted by Gasteiger charge is 2.68. The van der Waals surface area contributed by atoms with E-state index in [2.05, 4.69) is 6.08 Å². The second kappa shape index (κ2) is 1.71. The molecule has 3 aliphatic carbocycles. The maximum atomic E-state index is 5.55. The Morgan fingerprint density at radius 1 is 1.64 bits per heavy atom. The van der Waals surface area contributed by atoms with E-state index in [-0.39, 0.29) is 0 Å². The fourth-order valence-corrected chi connectivity index (χ4v) is 3.04. The molecule has 0 aromatic carbocycles. The predicted molar refractivity (Wildman–Crippen MR) is 45.0 cm³/mol. The van der Waals surface area contributed by atoms with Gasteiger partial charge in [0.2, 0.25) is 0 Å². The summed E-state index contributed by atoms with van der Waals surface area (Å²) in [6.45, 7) is 0.893. The number of allylic oxidation sites excluding steroid dienone is 2. The number of hydrogen-bond donors (Lipinski definition) is 1. The summed E-state index contributed by atoms with van der Waals surface area (Å²) in [6.07, 6.45) is 8.10. The van der Waals surface area contributed by atoms with Crippen molar-refractivity contribution >= 4 is 0 Å². The molecule has 3 rings (SSSR count). The van der Waals surface area contributed by atoms with Crippen LogP contribution in [0.25, 0.3) is 0 Å². The number of hydrogen-bond acceptors (Lipinski definition) is 1. The summed E-state index contributed by atoms with van der Waals surface area (Å²) < 4.78 is 0. The van der Waals surface area contributed by atoms with Gasteiger partial charge in [-0.05, 0) is 38.1 Å². The molecule has 2 fully saturated rings. The summed E-state index contributed by atoms with van der Waals surface area (Å²) in [5, 5.41) is 0. The molecule has 3 aliphatic rings. The van der Waals surface area contributed by atoms with Crippen molar-refractivity contribution in [1.82, 2.24) is 0 Å². The van der Waals surface area contributed by atoms with Gasteiger partial charge in [0.05, 0.1) is 0 Å². The number of fused-ring (bicyclic) bond motifs is 3. The summed E-state index contributed by atoms with van der Waals surface area (Å²) in [4.78, 5) is 0. The van der Waals surface area contributed by atoms with Crippen LogP contribution in [0.3, 0.4) is 0 Å². The molecule has 0 saturated heterocycles. The van der Waals surface area contributed by atoms with Crippen molar-refractivity contribution in [2.24, 2.45) is 23.0 Å². The molecule has 1 nitrogen and oxygen atoms in total. The standard InChI is InChI=1S/C10H15N/c11-4-2-7-1-3-10(6-7)8-5-9(8)10/h5,7-8H,1-4,6,11H2/t7?,8-,10?/m0/s1. The van der Waals surface area contributed by atoms with Gasteiger partial charge in [-0.1, -0.05) is 11.6 Å². The van der Waals surface area contributed by atoms with E-state index in [1.807, 2.05) is 0 Å². The Labute approximate surface area is 67.7 Å². The molecule has 2 saturated carbocycles. The molecule has 0 amide bonds. The summed E-state index contributed by atoms with van der Waals surface area (Å²) in [5.74, 6) is 1.96. The van der Waals surface area contributed by atoms with Crippen LogP contribution in [0, 0.1) is 17.3 Å². The van der Waals surface area contributed by atoms with Crippen molar-refractivity contribution in [2.45, 2.75) is 25.7 Å². The van der Waals surface area contributed by atoms with E-state index in [0.29, 0.717) is 0 Å². The average molecular weight is 149 g/mol. The van der Waals surface area contributed by atoms with Gasteiger partial charge in [0.1, 0.15) is 0 Å². The van der Waals surface area contributed by atoms with Crippen molar-refractivity contribution in [3.63, 3.8) is 0 Å². The quantitative estimate of drug-likeness (QED) is 0.594. The Hall–Kier alpha value is -0.300. The summed E-state index contributed by atoms with van der Waals surface area (Å²) in [7, 11) is 0. The van der Waals surface area contributed by atoms with Crippen LogP contribution in [0.5, 0.6) is 0 Å². The van der Waals surface area contributed by atoms with Crippen molar-refractivity contribution in [3.05, 3.63) is 11.6 Å². The fourth-order valence-electron chi connectivity index (χ4n) is 3.04. The van der Waals surface area contributed by atoms with Crippen molar-refractivity contribution in [3.8, 4) is 0 Å². The van der Waals surface area contributed by atoms with Crippen LogP contribution >= 0.6 is 0 Å². The fraction of sp³-hybridized carbons (Fsp3) is 0.800. The van der Waals surface area contributed by atoms with Gasteiger partial charge in [-0.3, -0.25) is 0 Å². The SMILES string of the molecule is NCCC1CCC2(C1)C1=C[C@@H]12. The zero-order valence-electron chi connectivity index (χ0n) is 6.84. The normalized spacial score (nSPS) is 50.8. The van der Waals surface area contributed by atoms with Crippen molar-refractivity contribution in [1.29, 1.82) is 0 Å². The van der Waals surface area contributed by atoms with E-state index in [1.165, 1.54) is 25.7 Å². The van der Waals surface area contributed by atoms with Gasteiger partial charge < -0.3 is 5.73 Å². The molecular formula is C10H15N. The average Bonchev–Trinajstić information content (AvgIpc) is 2.84. The van der Waals surface area contributed by atoms with Gasteiger partial charge in [0, 0.05) is 11.3 Å². The third-order valence-corrected chi connectivity index (χ3v) is 3.89. The van der Waals surface area contributed by atoms with Crippen LogP contribution in [-0.4, -0.2) is 6.54 Å². The highest BCUT2D eigenvalue weighted by molar-refractivity contribution is 5.58. The molecule has 0 radical (unpaired) electrons. The van der Waals surface area contributed by atoms with E-state index in [9.17, 15) is 0 Å². The third kappa shape index (κ3) is 0.652. The Morgan fingerprint density at radius 2 is 2.45 bits per heavy atom. The molecule has 1 spiro atoms. The minimum Gasteiger partial charge on any atom is -0.330 e. The zero-order valence-corrected chi connectivity index (χ0v) is 6.84. The van der Waals surface area contributed by atoms with Crippen molar-refractivity contribution in [2.75, 3.05) is 6.54 Å². The Morgan fingerprint density at radius 3 is 2.91 bits per heavy atom. The van der Waals surface area contributed by atoms with E-state index >= 15 is 0 Å². The molecule has 0 aromatic rings. The lowest BCUT2D eigenvalue weighted by atomic mass is 9.94. The molecule has 2 N–H and O–H groups in total. The Kier molecular flexibility index (Phi) is 0.972. The summed E-state index contributed by atoms with van der Waals surface area (Å²) in [6, 6.07) is 0. The monoisotopic (exact) mass is 149 g/mol. The van der Waals surface area contributed by atoms with Crippen LogP contribution in [0.2, 0.25) is 0 Å². The van der Waals surface area contributed by atoms with E-state index in [4.69, 9.17) is 5.73 Å². The minimum absolute atomic E-state index is 0.778. The molecule has 3 atom stereocenters. The maximum Gasteiger partial charge on any atom is 0.00801 e. The second-order valence-corrected chi connectivity index (χ2v) is 4.44. The van der Waals surface area contributed by atoms with E-state index < -0.39 is 0 Å². The van der Waals surface area contributed by atoms with Crippen LogP contribution < -0.4 is 5.73 Å². The lowest BCUT2D eigenvalue weighted by Crippen LogP contribution is -2.07. The molecule has 0 aromatic heterocycles. The van der Waals surface area contributed by atoms with Gasteiger partial charge >= 0.3 is 0 Å². The predicted octanol–water partition coefficient (Wildman–Crippen LogP) is 1.69. The van der Waals surface area contributed by atoms with Gasteiger partial charge in [0.15, 0.2) is 0 Å². The summed E-state index contributed by atoms with van der Waals surface area (Å²) >= 11 is 0. The Bertz CT molecular complexity index is 231. The first kappa shape index (κ1) is 6.24. The molecule has 11 heavy (non-hydrogen) atoms. The highest BCUT2D eigenvalue weighted by atomic mass is 14.7. The topological polar surface area (TPSA) is 26.0 Å². The van der Waals surface area contributed by atoms with Crippen LogP contribution in [0.15, 0.2) is 11.6 Å². The molecule has 0 bridgehead atoms. The number of nitrogens with two attached hydrogens (primary N) is 1. The lowest BCUT2D eigenvalue weighted by molar-refractivity contribution is 0.444. The maximum absolute atomic E-state index is 5.55. The van der Waals surface area contributed by atoms with Crippen molar-refractivity contribution < 1.29 is 0 Å². The Balaban J connectivity index is 1.65. The molecular weight excluding hydrogens is 134 g/mol. The van der Waals surface area contributed by atoms with Gasteiger partial charge in [0.25, 0.3) is 0 Å². The molecule has 2 unspecified atom stereocenters. The first-order valence-corrected chi connectivity index (χ1v) is 4.79.